The number of aliphatic imine (C=N–C) groups is 1. The first-order valence-electron chi connectivity index (χ1n) is 13.0. The zero-order chi connectivity index (χ0) is 35.9. The summed E-state index contributed by atoms with van der Waals surface area (Å²) in [6, 6.07) is 6.80. The van der Waals surface area contributed by atoms with Crippen molar-refractivity contribution in [1.82, 2.24) is 0 Å². The summed E-state index contributed by atoms with van der Waals surface area (Å²) >= 11 is -0.556. The van der Waals surface area contributed by atoms with Crippen LogP contribution in [-0.4, -0.2) is 16.8 Å². The van der Waals surface area contributed by atoms with E-state index < -0.39 is 93.1 Å². The number of aromatic hydroxyl groups is 1. The first-order valence-corrected chi connectivity index (χ1v) is 17.3. The summed E-state index contributed by atoms with van der Waals surface area (Å²) in [5, 5.41) is 13.3. The van der Waals surface area contributed by atoms with Gasteiger partial charge in [-0.15, -0.1) is 6.54 Å². The Balaban J connectivity index is 0.000000435. The minimum atomic E-state index is -2.23. The molecule has 0 unspecified atom stereocenters. The molecule has 0 spiro atoms. The molecule has 0 aliphatic heterocycles. The van der Waals surface area contributed by atoms with Crippen molar-refractivity contribution in [3.63, 3.8) is 0 Å². The number of benzene rings is 4. The van der Waals surface area contributed by atoms with Crippen LogP contribution in [0.15, 0.2) is 29.3 Å². The first-order chi connectivity index (χ1) is 21.9. The molecule has 0 aliphatic rings. The standard InChI is InChI=1S/C16H12F5N.C15H11F5NO.2ClH.H2O.Ti/c1-7-4-8(2)9(3)10(5-7)6-22-16-14(20)12(18)11(17)13(19)15(16)21;1-6-3-7(2)15(22)8(4-6)5-21-14-12(19)10(17)9(16)11(18)13(14)20;;;;/h4-6H,1-3H3;3-4,22H,5H2,1-2H3;2*1H;1H2;/q;-1;;;;+2/p-2. The van der Waals surface area contributed by atoms with Gasteiger partial charge in [-0.05, 0) is 62.4 Å². The van der Waals surface area contributed by atoms with Crippen LogP contribution in [0, 0.1) is 92.8 Å². The van der Waals surface area contributed by atoms with Crippen LogP contribution in [-0.2, 0) is 23.6 Å². The van der Waals surface area contributed by atoms with Gasteiger partial charge in [0.15, 0.2) is 40.7 Å². The summed E-state index contributed by atoms with van der Waals surface area (Å²) in [6.45, 7) is 8.36. The van der Waals surface area contributed by atoms with E-state index in [9.17, 15) is 49.0 Å². The van der Waals surface area contributed by atoms with Gasteiger partial charge >= 0.3 is 35.6 Å². The van der Waals surface area contributed by atoms with E-state index in [2.05, 4.69) is 10.3 Å². The Morgan fingerprint density at radius 3 is 1.52 bits per heavy atom. The van der Waals surface area contributed by atoms with Gasteiger partial charge < -0.3 is 15.9 Å². The Morgan fingerprint density at radius 2 is 1.04 bits per heavy atom. The molecule has 0 bridgehead atoms. The Labute approximate surface area is 285 Å². The Morgan fingerprint density at radius 1 is 0.646 bits per heavy atom. The number of halogens is 12. The van der Waals surface area contributed by atoms with Crippen molar-refractivity contribution < 1.29 is 71.5 Å². The zero-order valence-corrected chi connectivity index (χ0v) is 28.5. The van der Waals surface area contributed by atoms with Gasteiger partial charge in [0.25, 0.3) is 0 Å². The van der Waals surface area contributed by atoms with Crippen LogP contribution in [0.1, 0.15) is 38.9 Å². The van der Waals surface area contributed by atoms with Crippen LogP contribution in [0.5, 0.6) is 5.75 Å². The molecule has 4 nitrogen and oxygen atoms in total. The molecule has 4 rings (SSSR count). The summed E-state index contributed by atoms with van der Waals surface area (Å²) in [4.78, 5) is 3.46. The minimum absolute atomic E-state index is 0. The Bertz CT molecular complexity index is 1770. The second-order valence-corrected chi connectivity index (χ2v) is 12.4. The van der Waals surface area contributed by atoms with E-state index in [0.717, 1.165) is 28.5 Å². The molecule has 4 aromatic rings. The topological polar surface area (TPSA) is 78.2 Å². The summed E-state index contributed by atoms with van der Waals surface area (Å²) in [7, 11) is 9.78. The third-order valence-electron chi connectivity index (χ3n) is 6.49. The van der Waals surface area contributed by atoms with Gasteiger partial charge in [-0.2, -0.15) is 0 Å². The van der Waals surface area contributed by atoms with Crippen LogP contribution in [0.2, 0.25) is 0 Å². The van der Waals surface area contributed by atoms with Crippen molar-refractivity contribution >= 4 is 36.2 Å². The molecule has 0 saturated carbocycles. The van der Waals surface area contributed by atoms with Crippen molar-refractivity contribution in [2.75, 3.05) is 0 Å². The van der Waals surface area contributed by atoms with Gasteiger partial charge in [0.1, 0.15) is 23.1 Å². The number of rotatable bonds is 5. The maximum atomic E-state index is 13.5. The van der Waals surface area contributed by atoms with Crippen LogP contribution in [0.3, 0.4) is 0 Å². The predicted molar refractivity (Wildman–Crippen MR) is 160 cm³/mol. The molecule has 260 valence electrons. The van der Waals surface area contributed by atoms with Crippen molar-refractivity contribution in [3.05, 3.63) is 127 Å². The molecule has 4 aromatic carbocycles. The average molecular weight is 766 g/mol. The van der Waals surface area contributed by atoms with E-state index >= 15 is 0 Å². The fourth-order valence-electron chi connectivity index (χ4n) is 4.11. The number of hydrogen-bond donors (Lipinski definition) is 1. The molecule has 0 heterocycles. The fourth-order valence-corrected chi connectivity index (χ4v) is 4.11. The molecule has 0 atom stereocenters. The van der Waals surface area contributed by atoms with E-state index in [1.165, 1.54) is 6.07 Å². The summed E-state index contributed by atoms with van der Waals surface area (Å²) < 4.78 is 132. The molecule has 17 heteroatoms. The summed E-state index contributed by atoms with van der Waals surface area (Å²) in [6.07, 6.45) is 1.09. The second-order valence-electron chi connectivity index (χ2n) is 9.87. The van der Waals surface area contributed by atoms with Crippen LogP contribution < -0.4 is 0 Å². The van der Waals surface area contributed by atoms with Gasteiger partial charge in [-0.3, -0.25) is 0 Å². The molecular formula is C31H25Cl2F10N2O2Ti-. The Kier molecular flexibility index (Phi) is 16.4. The van der Waals surface area contributed by atoms with Crippen LogP contribution in [0.4, 0.5) is 55.3 Å². The zero-order valence-electron chi connectivity index (χ0n) is 25.5. The molecule has 0 amide bonds. The first kappa shape index (κ1) is 42.7. The maximum absolute atomic E-state index is 13.5. The molecule has 0 aromatic heterocycles. The van der Waals surface area contributed by atoms with Gasteiger partial charge in [-0.25, -0.2) is 48.9 Å². The van der Waals surface area contributed by atoms with Crippen molar-refractivity contribution in [3.8, 4) is 5.75 Å². The molecule has 0 saturated heterocycles. The number of nitrogens with zero attached hydrogens (tertiary/aromatic N) is 2. The van der Waals surface area contributed by atoms with E-state index in [1.54, 1.807) is 32.9 Å². The molecule has 3 N–H and O–H groups in total. The van der Waals surface area contributed by atoms with Gasteiger partial charge in [0.2, 0.25) is 5.82 Å². The normalized spacial score (nSPS) is 10.5. The molecule has 0 radical (unpaired) electrons. The van der Waals surface area contributed by atoms with Gasteiger partial charge in [0.05, 0.1) is 0 Å². The fraction of sp³-hybridized carbons (Fsp3) is 0.194. The second kappa shape index (κ2) is 18.5. The third kappa shape index (κ3) is 9.88. The van der Waals surface area contributed by atoms with E-state index in [4.69, 9.17) is 18.6 Å². The van der Waals surface area contributed by atoms with Crippen molar-refractivity contribution in [2.45, 2.75) is 41.2 Å². The Hall–Kier alpha value is -3.30. The average Bonchev–Trinajstić information content (AvgIpc) is 3.02. The third-order valence-corrected chi connectivity index (χ3v) is 6.49. The number of phenols is 1. The monoisotopic (exact) mass is 765 g/mol. The molecule has 48 heavy (non-hydrogen) atoms. The van der Waals surface area contributed by atoms with E-state index in [0.29, 0.717) is 11.1 Å². The quantitative estimate of drug-likeness (QED) is 0.0709. The van der Waals surface area contributed by atoms with Gasteiger partial charge in [-0.1, -0.05) is 41.1 Å². The summed E-state index contributed by atoms with van der Waals surface area (Å²) in [5.41, 5.74) is 2.22. The molecular weight excluding hydrogens is 741 g/mol. The SMILES string of the molecule is Cc1cc(C)c(C)c(C=Nc2c(F)c(F)c(F)c(F)c2F)c1.Cc1cc(C)c(O)c(C[N-]c2c(F)c(F)c(F)c(F)c2F)c1.O.[Cl][Ti][Cl]. The predicted octanol–water partition coefficient (Wildman–Crippen LogP) is 10.5. The summed E-state index contributed by atoms with van der Waals surface area (Å²) in [5.74, 6) is -20.6. The number of aryl methyl sites for hydroxylation is 4. The van der Waals surface area contributed by atoms with E-state index in [1.807, 2.05) is 19.9 Å². The van der Waals surface area contributed by atoms with Crippen molar-refractivity contribution in [2.24, 2.45) is 4.99 Å². The molecule has 0 fully saturated rings. The van der Waals surface area contributed by atoms with Gasteiger partial charge in [0, 0.05) is 6.21 Å². The van der Waals surface area contributed by atoms with Crippen LogP contribution >= 0.6 is 18.6 Å². The van der Waals surface area contributed by atoms with E-state index in [-0.39, 0.29) is 16.8 Å². The number of phenolic OH excluding ortho intramolecular Hbond substituents is 1. The van der Waals surface area contributed by atoms with Crippen molar-refractivity contribution in [1.29, 1.82) is 0 Å². The number of hydrogen-bond acceptors (Lipinski definition) is 2. The molecule has 0 aliphatic carbocycles. The van der Waals surface area contributed by atoms with Crippen LogP contribution in [0.25, 0.3) is 5.32 Å².